The molecule has 1 atom stereocenters. The summed E-state index contributed by atoms with van der Waals surface area (Å²) in [6.45, 7) is 6.45. The van der Waals surface area contributed by atoms with Crippen LogP contribution < -0.4 is 0 Å². The van der Waals surface area contributed by atoms with Crippen LogP contribution >= 0.6 is 0 Å². The molecule has 0 spiro atoms. The predicted molar refractivity (Wildman–Crippen MR) is 52.3 cm³/mol. The predicted octanol–water partition coefficient (Wildman–Crippen LogP) is 0.575. The molecule has 0 aromatic carbocycles. The molecule has 3 nitrogen and oxygen atoms in total. The summed E-state index contributed by atoms with van der Waals surface area (Å²) in [7, 11) is 3.95. The normalized spacial score (nSPS) is 33.5. The highest BCUT2D eigenvalue weighted by molar-refractivity contribution is 4.79. The van der Waals surface area contributed by atoms with Gasteiger partial charge in [-0.15, -0.1) is 0 Å². The van der Waals surface area contributed by atoms with Crippen molar-refractivity contribution in [3.05, 3.63) is 7.05 Å². The highest BCUT2D eigenvalue weighted by Gasteiger charge is 2.22. The van der Waals surface area contributed by atoms with E-state index < -0.39 is 0 Å². The summed E-state index contributed by atoms with van der Waals surface area (Å²) in [5.41, 5.74) is 0. The molecule has 2 heterocycles. The fraction of sp³-hybridized carbons (Fsp3) is 0.900. The lowest BCUT2D eigenvalue weighted by Crippen LogP contribution is -2.50. The van der Waals surface area contributed by atoms with Gasteiger partial charge in [-0.2, -0.15) is 0 Å². The molecule has 2 fully saturated rings. The lowest BCUT2D eigenvalue weighted by Gasteiger charge is -2.42. The van der Waals surface area contributed by atoms with Gasteiger partial charge in [0.1, 0.15) is 0 Å². The van der Waals surface area contributed by atoms with Gasteiger partial charge in [-0.05, 0) is 25.9 Å². The van der Waals surface area contributed by atoms with Gasteiger partial charge < -0.3 is 9.64 Å². The molecule has 0 aliphatic carbocycles. The van der Waals surface area contributed by atoms with E-state index in [1.807, 2.05) is 0 Å². The second-order valence-electron chi connectivity index (χ2n) is 4.02. The molecule has 0 aromatic heterocycles. The van der Waals surface area contributed by atoms with Crippen LogP contribution in [-0.2, 0) is 4.74 Å². The van der Waals surface area contributed by atoms with E-state index in [0.717, 1.165) is 39.4 Å². The summed E-state index contributed by atoms with van der Waals surface area (Å²) in [6.07, 6.45) is 2.55. The molecule has 3 heteroatoms. The Kier molecular flexibility index (Phi) is 3.19. The van der Waals surface area contributed by atoms with Gasteiger partial charge >= 0.3 is 0 Å². The van der Waals surface area contributed by atoms with Gasteiger partial charge in [-0.3, -0.25) is 11.9 Å². The molecule has 0 amide bonds. The molecule has 2 aliphatic rings. The van der Waals surface area contributed by atoms with Crippen molar-refractivity contribution in [1.29, 1.82) is 0 Å². The molecule has 0 bridgehead atoms. The standard InChI is InChI=1S/C10H19N2O/c1-11-4-6-12(7-5-11)10-3-2-8-13-9-10/h10H,1-9H2/q-1. The van der Waals surface area contributed by atoms with Crippen molar-refractivity contribution in [2.75, 3.05) is 39.4 Å². The second kappa shape index (κ2) is 4.40. The molecule has 0 radical (unpaired) electrons. The number of piperazine rings is 1. The first kappa shape index (κ1) is 9.44. The van der Waals surface area contributed by atoms with Crippen LogP contribution in [0.3, 0.4) is 0 Å². The first-order valence-corrected chi connectivity index (χ1v) is 5.23. The van der Waals surface area contributed by atoms with Gasteiger partial charge in [0, 0.05) is 25.7 Å². The van der Waals surface area contributed by atoms with Crippen LogP contribution in [0.25, 0.3) is 0 Å². The van der Waals surface area contributed by atoms with Crippen LogP contribution in [0.15, 0.2) is 0 Å². The fourth-order valence-corrected chi connectivity index (χ4v) is 2.14. The Morgan fingerprint density at radius 2 is 1.92 bits per heavy atom. The average molecular weight is 183 g/mol. The van der Waals surface area contributed by atoms with Crippen molar-refractivity contribution in [2.24, 2.45) is 0 Å². The van der Waals surface area contributed by atoms with Gasteiger partial charge in [0.05, 0.1) is 6.61 Å². The summed E-state index contributed by atoms with van der Waals surface area (Å²) in [6, 6.07) is 0.683. The third-order valence-electron chi connectivity index (χ3n) is 3.06. The minimum atomic E-state index is 0.683. The van der Waals surface area contributed by atoms with Crippen LogP contribution in [0, 0.1) is 7.05 Å². The maximum Gasteiger partial charge on any atom is 0.0621 e. The number of ether oxygens (including phenoxy) is 1. The van der Waals surface area contributed by atoms with Gasteiger partial charge in [-0.25, -0.2) is 0 Å². The topological polar surface area (TPSA) is 15.7 Å². The van der Waals surface area contributed by atoms with Crippen molar-refractivity contribution in [3.63, 3.8) is 0 Å². The lowest BCUT2D eigenvalue weighted by atomic mass is 10.1. The van der Waals surface area contributed by atoms with Crippen LogP contribution in [0.1, 0.15) is 12.8 Å². The van der Waals surface area contributed by atoms with Crippen molar-refractivity contribution in [3.8, 4) is 0 Å². The minimum absolute atomic E-state index is 0.683. The Balaban J connectivity index is 1.79. The zero-order valence-electron chi connectivity index (χ0n) is 8.24. The number of rotatable bonds is 1. The summed E-state index contributed by atoms with van der Waals surface area (Å²) in [5, 5.41) is 0. The van der Waals surface area contributed by atoms with Crippen molar-refractivity contribution < 1.29 is 4.74 Å². The van der Waals surface area contributed by atoms with Crippen molar-refractivity contribution >= 4 is 0 Å². The Labute approximate surface area is 80.6 Å². The number of hydrogen-bond donors (Lipinski definition) is 0. The molecule has 0 N–H and O–H groups in total. The lowest BCUT2D eigenvalue weighted by molar-refractivity contribution is 0.00347. The fourth-order valence-electron chi connectivity index (χ4n) is 2.14. The molecular weight excluding hydrogens is 164 g/mol. The molecule has 1 unspecified atom stereocenters. The van der Waals surface area contributed by atoms with Crippen LogP contribution in [0.4, 0.5) is 0 Å². The van der Waals surface area contributed by atoms with Gasteiger partial charge in [0.25, 0.3) is 0 Å². The van der Waals surface area contributed by atoms with Crippen molar-refractivity contribution in [1.82, 2.24) is 9.80 Å². The number of hydrogen-bond acceptors (Lipinski definition) is 3. The smallest absolute Gasteiger partial charge is 0.0621 e. The van der Waals surface area contributed by atoms with E-state index in [1.165, 1.54) is 12.8 Å². The van der Waals surface area contributed by atoms with E-state index in [2.05, 4.69) is 16.8 Å². The van der Waals surface area contributed by atoms with E-state index in [4.69, 9.17) is 4.74 Å². The van der Waals surface area contributed by atoms with E-state index in [-0.39, 0.29) is 0 Å². The summed E-state index contributed by atoms with van der Waals surface area (Å²) in [4.78, 5) is 4.71. The highest BCUT2D eigenvalue weighted by Crippen LogP contribution is 2.14. The molecule has 0 aromatic rings. The molecule has 2 rings (SSSR count). The SMILES string of the molecule is [CH2-]N1CCN(C2CCCOC2)CC1. The third-order valence-corrected chi connectivity index (χ3v) is 3.06. The molecular formula is C10H19N2O-. The molecule has 2 saturated heterocycles. The second-order valence-corrected chi connectivity index (χ2v) is 4.02. The zero-order valence-corrected chi connectivity index (χ0v) is 8.24. The summed E-state index contributed by atoms with van der Waals surface area (Å²) < 4.78 is 5.49. The Bertz CT molecular complexity index is 149. The third kappa shape index (κ3) is 2.42. The first-order valence-electron chi connectivity index (χ1n) is 5.23. The Morgan fingerprint density at radius 1 is 1.15 bits per heavy atom. The van der Waals surface area contributed by atoms with Gasteiger partial charge in [-0.1, -0.05) is 0 Å². The molecule has 76 valence electrons. The molecule has 13 heavy (non-hydrogen) atoms. The summed E-state index contributed by atoms with van der Waals surface area (Å²) in [5.74, 6) is 0. The number of nitrogens with zero attached hydrogens (tertiary/aromatic N) is 2. The molecule has 2 aliphatic heterocycles. The maximum absolute atomic E-state index is 5.49. The van der Waals surface area contributed by atoms with E-state index in [1.54, 1.807) is 0 Å². The van der Waals surface area contributed by atoms with Gasteiger partial charge in [0.2, 0.25) is 0 Å². The monoisotopic (exact) mass is 183 g/mol. The first-order chi connectivity index (χ1) is 6.36. The minimum Gasteiger partial charge on any atom is -0.457 e. The Hall–Kier alpha value is -0.120. The maximum atomic E-state index is 5.49. The summed E-state index contributed by atoms with van der Waals surface area (Å²) >= 11 is 0. The van der Waals surface area contributed by atoms with Crippen LogP contribution in [-0.4, -0.2) is 55.2 Å². The average Bonchev–Trinajstić information content (AvgIpc) is 2.20. The highest BCUT2D eigenvalue weighted by atomic mass is 16.5. The molecule has 0 saturated carbocycles. The van der Waals surface area contributed by atoms with E-state index >= 15 is 0 Å². The quantitative estimate of drug-likeness (QED) is 0.553. The van der Waals surface area contributed by atoms with E-state index in [0.29, 0.717) is 6.04 Å². The van der Waals surface area contributed by atoms with E-state index in [9.17, 15) is 0 Å². The zero-order chi connectivity index (χ0) is 9.10. The largest absolute Gasteiger partial charge is 0.457 e. The Morgan fingerprint density at radius 3 is 2.54 bits per heavy atom. The van der Waals surface area contributed by atoms with Crippen LogP contribution in [0.2, 0.25) is 0 Å². The van der Waals surface area contributed by atoms with Crippen molar-refractivity contribution in [2.45, 2.75) is 18.9 Å². The van der Waals surface area contributed by atoms with Gasteiger partial charge in [0.15, 0.2) is 0 Å². The van der Waals surface area contributed by atoms with Crippen LogP contribution in [0.5, 0.6) is 0 Å².